The van der Waals surface area contributed by atoms with Crippen LogP contribution in [-0.2, 0) is 6.54 Å². The first-order valence-electron chi connectivity index (χ1n) is 5.79. The summed E-state index contributed by atoms with van der Waals surface area (Å²) in [6, 6.07) is 6.33. The summed E-state index contributed by atoms with van der Waals surface area (Å²) in [4.78, 5) is 8.30. The molecule has 0 saturated heterocycles. The molecule has 0 bridgehead atoms. The number of imidazole rings is 1. The van der Waals surface area contributed by atoms with Gasteiger partial charge in [0.2, 0.25) is 11.7 Å². The number of halogens is 1. The number of aromatic nitrogens is 4. The van der Waals surface area contributed by atoms with Crippen LogP contribution in [0.4, 0.5) is 4.39 Å². The largest absolute Gasteiger partial charge is 0.337 e. The SMILES string of the molecule is Cc1nccn1Cc1nc(-c2ccccc2F)no1. The van der Waals surface area contributed by atoms with Crippen molar-refractivity contribution in [2.24, 2.45) is 0 Å². The van der Waals surface area contributed by atoms with Crippen LogP contribution in [0.5, 0.6) is 0 Å². The highest BCUT2D eigenvalue weighted by atomic mass is 19.1. The number of rotatable bonds is 3. The average Bonchev–Trinajstić information content (AvgIpc) is 3.01. The first-order valence-corrected chi connectivity index (χ1v) is 5.79. The molecule has 0 radical (unpaired) electrons. The summed E-state index contributed by atoms with van der Waals surface area (Å²) in [7, 11) is 0. The van der Waals surface area contributed by atoms with E-state index in [1.54, 1.807) is 24.4 Å². The van der Waals surface area contributed by atoms with Gasteiger partial charge in [0.15, 0.2) is 0 Å². The van der Waals surface area contributed by atoms with E-state index in [9.17, 15) is 4.39 Å². The van der Waals surface area contributed by atoms with Gasteiger partial charge in [-0.05, 0) is 19.1 Å². The van der Waals surface area contributed by atoms with E-state index in [2.05, 4.69) is 15.1 Å². The number of nitrogens with zero attached hydrogens (tertiary/aromatic N) is 4. The van der Waals surface area contributed by atoms with E-state index in [0.717, 1.165) is 5.82 Å². The summed E-state index contributed by atoms with van der Waals surface area (Å²) in [6.07, 6.45) is 3.52. The van der Waals surface area contributed by atoms with Crippen molar-refractivity contribution in [2.75, 3.05) is 0 Å². The minimum absolute atomic E-state index is 0.255. The van der Waals surface area contributed by atoms with Crippen molar-refractivity contribution in [2.45, 2.75) is 13.5 Å². The fourth-order valence-corrected chi connectivity index (χ4v) is 1.79. The standard InChI is InChI=1S/C13H11FN4O/c1-9-15-6-7-18(9)8-12-16-13(17-19-12)10-4-2-3-5-11(10)14/h2-7H,8H2,1H3. The van der Waals surface area contributed by atoms with Gasteiger partial charge < -0.3 is 9.09 Å². The van der Waals surface area contributed by atoms with Gasteiger partial charge in [-0.1, -0.05) is 17.3 Å². The highest BCUT2D eigenvalue weighted by molar-refractivity contribution is 5.54. The second-order valence-electron chi connectivity index (χ2n) is 4.09. The normalized spacial score (nSPS) is 10.8. The van der Waals surface area contributed by atoms with E-state index in [1.165, 1.54) is 6.07 Å². The summed E-state index contributed by atoms with van der Waals surface area (Å²) in [5.74, 6) is 1.16. The predicted molar refractivity (Wildman–Crippen MR) is 65.8 cm³/mol. The third-order valence-electron chi connectivity index (χ3n) is 2.81. The third kappa shape index (κ3) is 2.24. The number of aryl methyl sites for hydroxylation is 1. The molecular formula is C13H11FN4O. The topological polar surface area (TPSA) is 56.7 Å². The number of hydrogen-bond acceptors (Lipinski definition) is 4. The van der Waals surface area contributed by atoms with Gasteiger partial charge in [0, 0.05) is 12.4 Å². The fraction of sp³-hybridized carbons (Fsp3) is 0.154. The van der Waals surface area contributed by atoms with Gasteiger partial charge in [-0.2, -0.15) is 4.98 Å². The van der Waals surface area contributed by atoms with Crippen molar-refractivity contribution in [1.29, 1.82) is 0 Å². The molecule has 3 rings (SSSR count). The Morgan fingerprint density at radius 2 is 2.16 bits per heavy atom. The Kier molecular flexibility index (Phi) is 2.83. The molecule has 5 nitrogen and oxygen atoms in total. The van der Waals surface area contributed by atoms with Crippen LogP contribution < -0.4 is 0 Å². The molecule has 2 aromatic heterocycles. The minimum Gasteiger partial charge on any atom is -0.337 e. The molecule has 6 heteroatoms. The zero-order valence-corrected chi connectivity index (χ0v) is 10.2. The quantitative estimate of drug-likeness (QED) is 0.724. The molecule has 0 atom stereocenters. The molecule has 0 amide bonds. The molecule has 0 fully saturated rings. The lowest BCUT2D eigenvalue weighted by Gasteiger charge is -1.98. The maximum Gasteiger partial charge on any atom is 0.246 e. The van der Waals surface area contributed by atoms with Crippen LogP contribution in [0.3, 0.4) is 0 Å². The predicted octanol–water partition coefficient (Wildman–Crippen LogP) is 2.43. The highest BCUT2D eigenvalue weighted by Gasteiger charge is 2.12. The molecule has 3 aromatic rings. The lowest BCUT2D eigenvalue weighted by atomic mass is 10.2. The van der Waals surface area contributed by atoms with Crippen molar-refractivity contribution < 1.29 is 8.91 Å². The van der Waals surface area contributed by atoms with Crippen LogP contribution in [0, 0.1) is 12.7 Å². The van der Waals surface area contributed by atoms with Gasteiger partial charge in [-0.3, -0.25) is 0 Å². The Labute approximate surface area is 108 Å². The molecule has 0 unspecified atom stereocenters. The lowest BCUT2D eigenvalue weighted by molar-refractivity contribution is 0.370. The summed E-state index contributed by atoms with van der Waals surface area (Å²) in [5.41, 5.74) is 0.333. The van der Waals surface area contributed by atoms with Gasteiger partial charge in [-0.15, -0.1) is 0 Å². The minimum atomic E-state index is -0.367. The van der Waals surface area contributed by atoms with E-state index >= 15 is 0 Å². The van der Waals surface area contributed by atoms with Gasteiger partial charge in [0.25, 0.3) is 0 Å². The van der Waals surface area contributed by atoms with Crippen LogP contribution in [0.1, 0.15) is 11.7 Å². The molecule has 19 heavy (non-hydrogen) atoms. The Morgan fingerprint density at radius 3 is 2.89 bits per heavy atom. The monoisotopic (exact) mass is 258 g/mol. The van der Waals surface area contributed by atoms with E-state index in [1.807, 2.05) is 17.7 Å². The van der Waals surface area contributed by atoms with Gasteiger partial charge >= 0.3 is 0 Å². The molecule has 0 aliphatic rings. The van der Waals surface area contributed by atoms with Crippen LogP contribution in [0.15, 0.2) is 41.2 Å². The van der Waals surface area contributed by atoms with Crippen molar-refractivity contribution in [3.8, 4) is 11.4 Å². The molecule has 2 heterocycles. The molecule has 0 aliphatic heterocycles. The Bertz CT molecular complexity index is 704. The second kappa shape index (κ2) is 4.64. The van der Waals surface area contributed by atoms with Crippen LogP contribution in [0.2, 0.25) is 0 Å². The number of benzene rings is 1. The maximum absolute atomic E-state index is 13.6. The average molecular weight is 258 g/mol. The molecule has 0 N–H and O–H groups in total. The van der Waals surface area contributed by atoms with Crippen molar-refractivity contribution in [3.05, 3.63) is 54.2 Å². The molecule has 0 aliphatic carbocycles. The number of hydrogen-bond donors (Lipinski definition) is 0. The van der Waals surface area contributed by atoms with Crippen molar-refractivity contribution in [1.82, 2.24) is 19.7 Å². The van der Waals surface area contributed by atoms with E-state index in [4.69, 9.17) is 4.52 Å². The zero-order valence-electron chi connectivity index (χ0n) is 10.2. The van der Waals surface area contributed by atoms with Crippen molar-refractivity contribution in [3.63, 3.8) is 0 Å². The first kappa shape index (κ1) is 11.6. The van der Waals surface area contributed by atoms with E-state index in [0.29, 0.717) is 18.0 Å². The maximum atomic E-state index is 13.6. The molecule has 96 valence electrons. The van der Waals surface area contributed by atoms with E-state index < -0.39 is 0 Å². The molecule has 0 spiro atoms. The van der Waals surface area contributed by atoms with Crippen LogP contribution in [0.25, 0.3) is 11.4 Å². The van der Waals surface area contributed by atoms with E-state index in [-0.39, 0.29) is 11.6 Å². The summed E-state index contributed by atoms with van der Waals surface area (Å²) < 4.78 is 20.6. The molecular weight excluding hydrogens is 247 g/mol. The third-order valence-corrected chi connectivity index (χ3v) is 2.81. The molecule has 1 aromatic carbocycles. The van der Waals surface area contributed by atoms with Crippen LogP contribution in [-0.4, -0.2) is 19.7 Å². The summed E-state index contributed by atoms with van der Waals surface area (Å²) >= 11 is 0. The van der Waals surface area contributed by atoms with Gasteiger partial charge in [0.05, 0.1) is 5.56 Å². The fourth-order valence-electron chi connectivity index (χ4n) is 1.79. The summed E-state index contributed by atoms with van der Waals surface area (Å²) in [5, 5.41) is 3.80. The first-order chi connectivity index (χ1) is 9.24. The Morgan fingerprint density at radius 1 is 1.32 bits per heavy atom. The highest BCUT2D eigenvalue weighted by Crippen LogP contribution is 2.19. The Hall–Kier alpha value is -2.50. The zero-order chi connectivity index (χ0) is 13.2. The van der Waals surface area contributed by atoms with Crippen molar-refractivity contribution >= 4 is 0 Å². The molecule has 0 saturated carbocycles. The van der Waals surface area contributed by atoms with Gasteiger partial charge in [-0.25, -0.2) is 9.37 Å². The van der Waals surface area contributed by atoms with Gasteiger partial charge in [0.1, 0.15) is 18.2 Å². The second-order valence-corrected chi connectivity index (χ2v) is 4.09. The Balaban J connectivity index is 1.88. The van der Waals surface area contributed by atoms with Crippen LogP contribution >= 0.6 is 0 Å². The summed E-state index contributed by atoms with van der Waals surface area (Å²) in [6.45, 7) is 2.31. The smallest absolute Gasteiger partial charge is 0.246 e. The lowest BCUT2D eigenvalue weighted by Crippen LogP contribution is -2.00.